The fourth-order valence-corrected chi connectivity index (χ4v) is 4.51. The van der Waals surface area contributed by atoms with Crippen LogP contribution in [0.3, 0.4) is 0 Å². The zero-order valence-corrected chi connectivity index (χ0v) is 20.0. The Morgan fingerprint density at radius 1 is 1.22 bits per heavy atom. The van der Waals surface area contributed by atoms with E-state index in [-0.39, 0.29) is 18.3 Å². The quantitative estimate of drug-likeness (QED) is 0.648. The molecule has 1 unspecified atom stereocenters. The summed E-state index contributed by atoms with van der Waals surface area (Å²) in [6.07, 6.45) is 3.34. The smallest absolute Gasteiger partial charge is 0.291 e. The molecule has 9 nitrogen and oxygen atoms in total. The minimum absolute atomic E-state index is 0.0371. The summed E-state index contributed by atoms with van der Waals surface area (Å²) in [4.78, 5) is 31.7. The molecule has 2 aromatic rings. The molecule has 2 aromatic carbocycles. The van der Waals surface area contributed by atoms with Crippen molar-refractivity contribution in [3.8, 4) is 17.6 Å². The molecule has 1 fully saturated rings. The van der Waals surface area contributed by atoms with Gasteiger partial charge in [0.25, 0.3) is 11.8 Å². The number of rotatable bonds is 4. The van der Waals surface area contributed by atoms with Crippen molar-refractivity contribution in [2.45, 2.75) is 49.9 Å². The fraction of sp³-hybridized carbons (Fsp3) is 0.370. The monoisotopic (exact) mass is 485 g/mol. The van der Waals surface area contributed by atoms with Crippen LogP contribution in [-0.4, -0.2) is 54.2 Å². The van der Waals surface area contributed by atoms with E-state index in [4.69, 9.17) is 4.74 Å². The van der Waals surface area contributed by atoms with Crippen LogP contribution in [-0.2, 0) is 16.0 Å². The normalized spacial score (nSPS) is 22.1. The summed E-state index contributed by atoms with van der Waals surface area (Å²) >= 11 is 0. The molecule has 1 aliphatic carbocycles. The fourth-order valence-electron chi connectivity index (χ4n) is 4.51. The highest BCUT2D eigenvalue weighted by Gasteiger charge is 2.33. The van der Waals surface area contributed by atoms with E-state index < -0.39 is 23.7 Å². The van der Waals surface area contributed by atoms with E-state index in [1.54, 1.807) is 25.2 Å². The number of nitrogens with zero attached hydrogens (tertiary/aromatic N) is 4. The molecule has 2 N–H and O–H groups in total. The highest BCUT2D eigenvalue weighted by atomic mass is 16.5. The number of fused-ring (bicyclic) bond motifs is 1. The molecule has 0 spiro atoms. The Balaban J connectivity index is 1.25. The zero-order valence-electron chi connectivity index (χ0n) is 20.0. The molecule has 0 bridgehead atoms. The van der Waals surface area contributed by atoms with Crippen LogP contribution in [0.2, 0.25) is 0 Å². The minimum atomic E-state index is -0.944. The second-order valence-electron chi connectivity index (χ2n) is 9.24. The number of amidine groups is 1. The number of anilines is 1. The molecule has 3 aliphatic rings. The predicted octanol–water partition coefficient (Wildman–Crippen LogP) is 2.62. The van der Waals surface area contributed by atoms with Gasteiger partial charge in [-0.2, -0.15) is 5.11 Å². The number of benzene rings is 2. The number of aliphatic imine (C=N–C) groups is 1. The van der Waals surface area contributed by atoms with Crippen LogP contribution < -0.4 is 15.0 Å². The van der Waals surface area contributed by atoms with Gasteiger partial charge in [-0.05, 0) is 49.4 Å². The van der Waals surface area contributed by atoms with Gasteiger partial charge in [-0.3, -0.25) is 9.59 Å². The third kappa shape index (κ3) is 5.14. The first kappa shape index (κ1) is 23.7. The SMILES string of the molecule is CN1C(=O)[C@@H](NC(=O)C2=NC(Cc3ccccc3)N=N2)COc2ccc(C#CC3(O)CCCC3)cc21. The van der Waals surface area contributed by atoms with Crippen LogP contribution in [0.15, 0.2) is 63.8 Å². The van der Waals surface area contributed by atoms with E-state index in [1.165, 1.54) is 4.90 Å². The van der Waals surface area contributed by atoms with E-state index in [2.05, 4.69) is 32.4 Å². The number of nitrogens with one attached hydrogen (secondary N) is 1. The van der Waals surface area contributed by atoms with Crippen molar-refractivity contribution in [3.63, 3.8) is 0 Å². The number of amides is 2. The Hall–Kier alpha value is -4.03. The molecular formula is C27H27N5O4. The van der Waals surface area contributed by atoms with E-state index in [0.29, 0.717) is 36.3 Å². The van der Waals surface area contributed by atoms with Crippen LogP contribution in [0.25, 0.3) is 0 Å². The lowest BCUT2D eigenvalue weighted by molar-refractivity contribution is -0.124. The van der Waals surface area contributed by atoms with Gasteiger partial charge in [0.1, 0.15) is 24.0 Å². The van der Waals surface area contributed by atoms with Gasteiger partial charge in [-0.25, -0.2) is 4.99 Å². The van der Waals surface area contributed by atoms with Gasteiger partial charge >= 0.3 is 0 Å². The third-order valence-corrected chi connectivity index (χ3v) is 6.55. The van der Waals surface area contributed by atoms with Crippen molar-refractivity contribution < 1.29 is 19.4 Å². The van der Waals surface area contributed by atoms with Crippen LogP contribution in [0.1, 0.15) is 36.8 Å². The van der Waals surface area contributed by atoms with Crippen LogP contribution in [0, 0.1) is 11.8 Å². The van der Waals surface area contributed by atoms with Crippen molar-refractivity contribution in [2.75, 3.05) is 18.6 Å². The highest BCUT2D eigenvalue weighted by Crippen LogP contribution is 2.32. The number of hydrogen-bond acceptors (Lipinski definition) is 7. The van der Waals surface area contributed by atoms with Crippen molar-refractivity contribution in [2.24, 2.45) is 15.2 Å². The number of aliphatic hydroxyl groups is 1. The van der Waals surface area contributed by atoms with E-state index >= 15 is 0 Å². The summed E-state index contributed by atoms with van der Waals surface area (Å²) in [7, 11) is 1.62. The van der Waals surface area contributed by atoms with Gasteiger partial charge in [0, 0.05) is 19.0 Å². The molecule has 184 valence electrons. The Morgan fingerprint density at radius 2 is 2.00 bits per heavy atom. The number of azo groups is 1. The van der Waals surface area contributed by atoms with Crippen molar-refractivity contribution >= 4 is 23.3 Å². The Morgan fingerprint density at radius 3 is 2.78 bits per heavy atom. The van der Waals surface area contributed by atoms with E-state index in [1.807, 2.05) is 30.3 Å². The van der Waals surface area contributed by atoms with Gasteiger partial charge in [0.2, 0.25) is 5.84 Å². The molecule has 0 saturated heterocycles. The first-order valence-corrected chi connectivity index (χ1v) is 12.0. The van der Waals surface area contributed by atoms with Gasteiger partial charge in [0.15, 0.2) is 6.17 Å². The molecule has 0 radical (unpaired) electrons. The second-order valence-corrected chi connectivity index (χ2v) is 9.24. The molecule has 2 heterocycles. The van der Waals surface area contributed by atoms with E-state index in [0.717, 1.165) is 18.4 Å². The largest absolute Gasteiger partial charge is 0.489 e. The second kappa shape index (κ2) is 9.91. The summed E-state index contributed by atoms with van der Waals surface area (Å²) in [5.41, 5.74) is 1.31. The summed E-state index contributed by atoms with van der Waals surface area (Å²) < 4.78 is 5.85. The molecule has 2 amide bonds. The molecule has 1 saturated carbocycles. The minimum Gasteiger partial charge on any atom is -0.489 e. The van der Waals surface area contributed by atoms with Crippen LogP contribution >= 0.6 is 0 Å². The number of hydrogen-bond donors (Lipinski definition) is 2. The summed E-state index contributed by atoms with van der Waals surface area (Å²) in [6, 6.07) is 14.1. The van der Waals surface area contributed by atoms with E-state index in [9.17, 15) is 14.7 Å². The topological polar surface area (TPSA) is 116 Å². The Kier molecular flexibility index (Phi) is 6.53. The molecule has 5 rings (SSSR count). The molecule has 9 heteroatoms. The highest BCUT2D eigenvalue weighted by molar-refractivity contribution is 6.38. The number of carbonyl (C=O) groups is 2. The maximum absolute atomic E-state index is 13.2. The Labute approximate surface area is 209 Å². The van der Waals surface area contributed by atoms with Gasteiger partial charge in [-0.15, -0.1) is 5.11 Å². The lowest BCUT2D eigenvalue weighted by atomic mass is 10.0. The number of likely N-dealkylation sites (N-methyl/N-ethyl adjacent to an activating group) is 1. The van der Waals surface area contributed by atoms with Gasteiger partial charge < -0.3 is 20.1 Å². The average Bonchev–Trinajstić information content (AvgIpc) is 3.52. The molecule has 36 heavy (non-hydrogen) atoms. The maximum atomic E-state index is 13.2. The summed E-state index contributed by atoms with van der Waals surface area (Å²) in [5, 5.41) is 21.2. The van der Waals surface area contributed by atoms with Crippen LogP contribution in [0.5, 0.6) is 5.75 Å². The molecule has 0 aromatic heterocycles. The van der Waals surface area contributed by atoms with Crippen LogP contribution in [0.4, 0.5) is 5.69 Å². The average molecular weight is 486 g/mol. The van der Waals surface area contributed by atoms with Gasteiger partial charge in [0.05, 0.1) is 5.69 Å². The first-order chi connectivity index (χ1) is 17.4. The molecule has 2 aliphatic heterocycles. The summed E-state index contributed by atoms with van der Waals surface area (Å²) in [5.74, 6) is 5.55. The number of ether oxygens (including phenoxy) is 1. The maximum Gasteiger partial charge on any atom is 0.291 e. The summed E-state index contributed by atoms with van der Waals surface area (Å²) in [6.45, 7) is -0.0371. The van der Waals surface area contributed by atoms with Crippen molar-refractivity contribution in [1.82, 2.24) is 5.32 Å². The Bertz CT molecular complexity index is 1290. The first-order valence-electron chi connectivity index (χ1n) is 12.0. The third-order valence-electron chi connectivity index (χ3n) is 6.55. The lowest BCUT2D eigenvalue weighted by Crippen LogP contribution is -2.50. The molecule has 2 atom stereocenters. The molecular weight excluding hydrogens is 458 g/mol. The number of carbonyl (C=O) groups excluding carboxylic acids is 2. The van der Waals surface area contributed by atoms with Crippen molar-refractivity contribution in [1.29, 1.82) is 0 Å². The lowest BCUT2D eigenvalue weighted by Gasteiger charge is -2.20. The predicted molar refractivity (Wildman–Crippen MR) is 134 cm³/mol. The standard InChI is InChI=1S/C27H27N5O4/c1-32-21-15-19(11-14-27(35)12-5-6-13-27)9-10-22(21)36-17-20(26(32)34)28-25(33)24-29-23(30-31-24)16-18-7-3-2-4-8-18/h2-4,7-10,15,20,23,35H,5-6,12-13,16-17H2,1H3,(H,28,33)/t20-,23?/m0/s1. The zero-order chi connectivity index (χ0) is 25.1. The van der Waals surface area contributed by atoms with Crippen molar-refractivity contribution in [3.05, 3.63) is 59.7 Å². The van der Waals surface area contributed by atoms with Gasteiger partial charge in [-0.1, -0.05) is 42.2 Å².